The maximum atomic E-state index is 12.6. The molecule has 21 heavy (non-hydrogen) atoms. The smallest absolute Gasteiger partial charge is 0.414 e. The predicted molar refractivity (Wildman–Crippen MR) is 72.1 cm³/mol. The number of piperidine rings is 1. The molecule has 0 spiro atoms. The fourth-order valence-corrected chi connectivity index (χ4v) is 2.85. The molecule has 0 amide bonds. The highest BCUT2D eigenvalue weighted by molar-refractivity contribution is 5.84. The SMILES string of the molecule is CCOC(=O)C1(C2C=CC(C(F)(F)F)N=C2)CCNCC1. The number of allylic oxidation sites excluding steroid dienone is 1. The van der Waals surface area contributed by atoms with Gasteiger partial charge in [-0.15, -0.1) is 0 Å². The molecule has 0 aromatic carbocycles. The first-order valence-corrected chi connectivity index (χ1v) is 7.06. The third kappa shape index (κ3) is 3.28. The predicted octanol–water partition coefficient (Wildman–Crippen LogP) is 2.11. The number of dihydropyridines is 1. The van der Waals surface area contributed by atoms with Gasteiger partial charge in [0.05, 0.1) is 12.0 Å². The number of esters is 1. The minimum atomic E-state index is -4.39. The van der Waals surface area contributed by atoms with Gasteiger partial charge in [0.25, 0.3) is 0 Å². The molecule has 0 aromatic rings. The van der Waals surface area contributed by atoms with E-state index in [2.05, 4.69) is 10.3 Å². The van der Waals surface area contributed by atoms with Crippen molar-refractivity contribution in [3.63, 3.8) is 0 Å². The molecule has 2 aliphatic heterocycles. The highest BCUT2D eigenvalue weighted by atomic mass is 19.4. The Morgan fingerprint density at radius 3 is 2.52 bits per heavy atom. The van der Waals surface area contributed by atoms with Crippen LogP contribution in [0.1, 0.15) is 19.8 Å². The van der Waals surface area contributed by atoms with Crippen LogP contribution in [0.2, 0.25) is 0 Å². The molecular weight excluding hydrogens is 285 g/mol. The maximum absolute atomic E-state index is 12.6. The molecule has 118 valence electrons. The van der Waals surface area contributed by atoms with E-state index < -0.39 is 23.6 Å². The highest BCUT2D eigenvalue weighted by Crippen LogP contribution is 2.40. The van der Waals surface area contributed by atoms with Gasteiger partial charge in [-0.05, 0) is 32.9 Å². The molecule has 2 unspecified atom stereocenters. The molecule has 2 rings (SSSR count). The molecule has 1 fully saturated rings. The number of hydrogen-bond donors (Lipinski definition) is 1. The van der Waals surface area contributed by atoms with Crippen LogP contribution in [0.3, 0.4) is 0 Å². The van der Waals surface area contributed by atoms with Gasteiger partial charge in [-0.3, -0.25) is 9.79 Å². The topological polar surface area (TPSA) is 50.7 Å². The molecule has 0 bridgehead atoms. The fraction of sp³-hybridized carbons (Fsp3) is 0.714. The molecule has 0 radical (unpaired) electrons. The summed E-state index contributed by atoms with van der Waals surface area (Å²) >= 11 is 0. The molecule has 0 saturated carbocycles. The van der Waals surface area contributed by atoms with Gasteiger partial charge in [0.1, 0.15) is 0 Å². The summed E-state index contributed by atoms with van der Waals surface area (Å²) in [6.07, 6.45) is 0.428. The average Bonchev–Trinajstić information content (AvgIpc) is 2.47. The van der Waals surface area contributed by atoms with Crippen LogP contribution in [0.5, 0.6) is 0 Å². The zero-order valence-corrected chi connectivity index (χ0v) is 11.8. The first-order valence-electron chi connectivity index (χ1n) is 7.06. The van der Waals surface area contributed by atoms with Gasteiger partial charge in [0.15, 0.2) is 6.04 Å². The number of carbonyl (C=O) groups excluding carboxylic acids is 1. The zero-order chi connectivity index (χ0) is 15.5. The van der Waals surface area contributed by atoms with E-state index in [-0.39, 0.29) is 12.6 Å². The first-order chi connectivity index (χ1) is 9.90. The molecule has 0 aromatic heterocycles. The Labute approximate surface area is 121 Å². The number of carbonyl (C=O) groups is 1. The van der Waals surface area contributed by atoms with Gasteiger partial charge in [-0.2, -0.15) is 13.2 Å². The molecule has 7 heteroatoms. The standard InChI is InChI=1S/C14H19F3N2O2/c1-2-21-12(20)13(5-7-18-8-6-13)10-3-4-11(19-9-10)14(15,16)17/h3-4,9-11,18H,2,5-8H2,1H3. The Hall–Kier alpha value is -1.37. The third-order valence-electron chi connectivity index (χ3n) is 4.06. The van der Waals surface area contributed by atoms with Gasteiger partial charge >= 0.3 is 12.1 Å². The monoisotopic (exact) mass is 304 g/mol. The van der Waals surface area contributed by atoms with Crippen molar-refractivity contribution in [3.05, 3.63) is 12.2 Å². The lowest BCUT2D eigenvalue weighted by Gasteiger charge is -2.39. The Morgan fingerprint density at radius 1 is 1.38 bits per heavy atom. The summed E-state index contributed by atoms with van der Waals surface area (Å²) in [6.45, 7) is 3.25. The van der Waals surface area contributed by atoms with Gasteiger partial charge in [0, 0.05) is 12.1 Å². The van der Waals surface area contributed by atoms with Crippen LogP contribution in [0, 0.1) is 11.3 Å². The van der Waals surface area contributed by atoms with E-state index in [1.165, 1.54) is 12.3 Å². The number of ether oxygens (including phenoxy) is 1. The molecule has 1 N–H and O–H groups in total. The van der Waals surface area contributed by atoms with Crippen molar-refractivity contribution in [1.82, 2.24) is 5.32 Å². The van der Waals surface area contributed by atoms with Gasteiger partial charge in [0.2, 0.25) is 0 Å². The van der Waals surface area contributed by atoms with Crippen LogP contribution in [-0.4, -0.2) is 44.1 Å². The Morgan fingerprint density at radius 2 is 2.05 bits per heavy atom. The minimum absolute atomic E-state index is 0.257. The van der Waals surface area contributed by atoms with Crippen LogP contribution in [-0.2, 0) is 9.53 Å². The quantitative estimate of drug-likeness (QED) is 0.642. The number of rotatable bonds is 3. The minimum Gasteiger partial charge on any atom is -0.466 e. The number of halogens is 3. The van der Waals surface area contributed by atoms with Crippen molar-refractivity contribution >= 4 is 12.2 Å². The van der Waals surface area contributed by atoms with E-state index in [1.54, 1.807) is 6.92 Å². The zero-order valence-electron chi connectivity index (χ0n) is 11.8. The first kappa shape index (κ1) is 16.0. The molecule has 2 heterocycles. The highest BCUT2D eigenvalue weighted by Gasteiger charge is 2.48. The van der Waals surface area contributed by atoms with Crippen LogP contribution in [0.25, 0.3) is 0 Å². The average molecular weight is 304 g/mol. The van der Waals surface area contributed by atoms with E-state index in [0.717, 1.165) is 6.08 Å². The van der Waals surface area contributed by atoms with E-state index >= 15 is 0 Å². The molecule has 2 aliphatic rings. The van der Waals surface area contributed by atoms with E-state index in [4.69, 9.17) is 4.74 Å². The van der Waals surface area contributed by atoms with Crippen molar-refractivity contribution < 1.29 is 22.7 Å². The summed E-state index contributed by atoms with van der Waals surface area (Å²) in [6, 6.07) is -1.81. The van der Waals surface area contributed by atoms with Gasteiger partial charge < -0.3 is 10.1 Å². The van der Waals surface area contributed by atoms with Crippen molar-refractivity contribution in [1.29, 1.82) is 0 Å². The summed E-state index contributed by atoms with van der Waals surface area (Å²) in [5, 5.41) is 3.15. The van der Waals surface area contributed by atoms with Gasteiger partial charge in [-0.1, -0.05) is 12.2 Å². The Bertz CT molecular complexity index is 426. The number of aliphatic imine (C=N–C) groups is 1. The second-order valence-electron chi connectivity index (χ2n) is 5.32. The van der Waals surface area contributed by atoms with Crippen molar-refractivity contribution in [2.45, 2.75) is 32.0 Å². The molecule has 2 atom stereocenters. The maximum Gasteiger partial charge on any atom is 0.414 e. The fourth-order valence-electron chi connectivity index (χ4n) is 2.85. The van der Waals surface area contributed by atoms with Gasteiger partial charge in [-0.25, -0.2) is 0 Å². The van der Waals surface area contributed by atoms with Crippen LogP contribution < -0.4 is 5.32 Å². The number of hydrogen-bond acceptors (Lipinski definition) is 4. The second kappa shape index (κ2) is 6.17. The molecule has 0 aliphatic carbocycles. The Kier molecular flexibility index (Phi) is 4.70. The lowest BCUT2D eigenvalue weighted by atomic mass is 9.68. The summed E-state index contributed by atoms with van der Waals surface area (Å²) in [5.74, 6) is -0.796. The normalized spacial score (nSPS) is 28.4. The third-order valence-corrected chi connectivity index (χ3v) is 4.06. The summed E-state index contributed by atoms with van der Waals surface area (Å²) < 4.78 is 43.0. The van der Waals surface area contributed by atoms with Crippen LogP contribution in [0.15, 0.2) is 17.1 Å². The summed E-state index contributed by atoms with van der Waals surface area (Å²) in [5.41, 5.74) is -0.808. The van der Waals surface area contributed by atoms with Crippen molar-refractivity contribution in [2.75, 3.05) is 19.7 Å². The second-order valence-corrected chi connectivity index (χ2v) is 5.32. The summed E-state index contributed by atoms with van der Waals surface area (Å²) in [7, 11) is 0. The van der Waals surface area contributed by atoms with E-state index in [9.17, 15) is 18.0 Å². The summed E-state index contributed by atoms with van der Waals surface area (Å²) in [4.78, 5) is 15.9. The number of nitrogens with one attached hydrogen (secondary N) is 1. The lowest BCUT2D eigenvalue weighted by molar-refractivity contribution is -0.158. The van der Waals surface area contributed by atoms with E-state index in [0.29, 0.717) is 25.9 Å². The van der Waals surface area contributed by atoms with Crippen LogP contribution in [0.4, 0.5) is 13.2 Å². The van der Waals surface area contributed by atoms with Crippen LogP contribution >= 0.6 is 0 Å². The molecule has 4 nitrogen and oxygen atoms in total. The lowest BCUT2D eigenvalue weighted by Crippen LogP contribution is -2.48. The van der Waals surface area contributed by atoms with Crippen molar-refractivity contribution in [2.24, 2.45) is 16.3 Å². The number of nitrogens with zero attached hydrogens (tertiary/aromatic N) is 1. The molecular formula is C14H19F3N2O2. The largest absolute Gasteiger partial charge is 0.466 e. The number of alkyl halides is 3. The molecule has 1 saturated heterocycles. The van der Waals surface area contributed by atoms with E-state index in [1.807, 2.05) is 0 Å². The Balaban J connectivity index is 2.20. The van der Waals surface area contributed by atoms with Crippen molar-refractivity contribution in [3.8, 4) is 0 Å².